The normalized spacial score (nSPS) is 11.5. The van der Waals surface area contributed by atoms with Crippen LogP contribution in [0.2, 0.25) is 0 Å². The van der Waals surface area contributed by atoms with E-state index in [4.69, 9.17) is 9.97 Å². The van der Waals surface area contributed by atoms with Crippen LogP contribution >= 0.6 is 11.3 Å². The van der Waals surface area contributed by atoms with E-state index >= 15 is 0 Å². The van der Waals surface area contributed by atoms with Crippen molar-refractivity contribution >= 4 is 43.2 Å². The number of hydrogen-bond acceptors (Lipinski definition) is 5. The molecule has 0 spiro atoms. The minimum atomic E-state index is 0.620. The molecule has 0 aliphatic heterocycles. The van der Waals surface area contributed by atoms with E-state index in [1.165, 1.54) is 42.4 Å². The van der Waals surface area contributed by atoms with Crippen molar-refractivity contribution in [3.63, 3.8) is 0 Å². The molecule has 0 unspecified atom stereocenters. The van der Waals surface area contributed by atoms with Gasteiger partial charge in [0.1, 0.15) is 0 Å². The van der Waals surface area contributed by atoms with Gasteiger partial charge in [0.2, 0.25) is 5.95 Å². The average Bonchev–Trinajstić information content (AvgIpc) is 3.69. The molecule has 0 saturated carbocycles. The van der Waals surface area contributed by atoms with Gasteiger partial charge in [-0.05, 0) is 53.6 Å². The van der Waals surface area contributed by atoms with Gasteiger partial charge in [0.25, 0.3) is 0 Å². The molecule has 9 rings (SSSR count). The minimum absolute atomic E-state index is 0.620. The Hall–Kier alpha value is -5.98. The highest BCUT2D eigenvalue weighted by molar-refractivity contribution is 7.24. The highest BCUT2D eigenvalue weighted by Gasteiger charge is 2.23. The summed E-state index contributed by atoms with van der Waals surface area (Å²) >= 11 is 1.86. The summed E-state index contributed by atoms with van der Waals surface area (Å²) in [7, 11) is 0. The lowest BCUT2D eigenvalue weighted by molar-refractivity contribution is 0.995. The third-order valence-corrected chi connectivity index (χ3v) is 9.73. The maximum atomic E-state index is 5.18. The molecule has 6 heteroatoms. The topological polar surface area (TPSA) is 56.5 Å². The van der Waals surface area contributed by atoms with Gasteiger partial charge in [0.05, 0.1) is 22.4 Å². The third kappa shape index (κ3) is 4.30. The summed E-state index contributed by atoms with van der Waals surface area (Å²) in [5.74, 6) is 0.620. The predicted molar refractivity (Wildman–Crippen MR) is 189 cm³/mol. The monoisotopic (exact) mass is 607 g/mol. The molecule has 0 aliphatic rings. The summed E-state index contributed by atoms with van der Waals surface area (Å²) < 4.78 is 3.47. The van der Waals surface area contributed by atoms with E-state index in [1.807, 2.05) is 41.7 Å². The fourth-order valence-corrected chi connectivity index (χ4v) is 7.77. The van der Waals surface area contributed by atoms with Crippen LogP contribution in [0, 0.1) is 0 Å². The van der Waals surface area contributed by atoms with Gasteiger partial charge in [-0.1, -0.05) is 84.9 Å². The van der Waals surface area contributed by atoms with Gasteiger partial charge in [0.15, 0.2) is 0 Å². The van der Waals surface area contributed by atoms with E-state index in [1.54, 1.807) is 24.8 Å². The summed E-state index contributed by atoms with van der Waals surface area (Å²) in [4.78, 5) is 20.1. The van der Waals surface area contributed by atoms with Crippen LogP contribution in [0.15, 0.2) is 152 Å². The first-order valence-corrected chi connectivity index (χ1v) is 15.9. The van der Waals surface area contributed by atoms with Gasteiger partial charge in [-0.15, -0.1) is 11.3 Å². The van der Waals surface area contributed by atoms with Crippen molar-refractivity contribution in [2.45, 2.75) is 0 Å². The third-order valence-electron chi connectivity index (χ3n) is 8.46. The van der Waals surface area contributed by atoms with Crippen LogP contribution in [0.5, 0.6) is 0 Å². The van der Waals surface area contributed by atoms with Crippen molar-refractivity contribution in [3.8, 4) is 50.0 Å². The second kappa shape index (κ2) is 10.9. The predicted octanol–water partition coefficient (Wildman–Crippen LogP) is 10.2. The molecule has 0 atom stereocenters. The van der Waals surface area contributed by atoms with Gasteiger partial charge in [-0.3, -0.25) is 14.5 Å². The van der Waals surface area contributed by atoms with Crippen molar-refractivity contribution in [2.24, 2.45) is 0 Å². The van der Waals surface area contributed by atoms with E-state index in [0.29, 0.717) is 5.95 Å². The van der Waals surface area contributed by atoms with Crippen LogP contribution in [0.25, 0.3) is 81.9 Å². The first-order chi connectivity index (χ1) is 22.8. The number of thiophene rings is 1. The standard InChI is InChI=1S/C40H25N5S/c1-3-9-28(10-4-1)36-31-15-16-35-37(39(31)46-38(36)29-11-5-2-6-12-29)30-13-7-8-14-34(30)45(35)40-43-32(26-17-21-41-22-18-26)25-33(44-40)27-19-23-42-24-20-27/h1-25H. The molecule has 4 aromatic carbocycles. The summed E-state index contributed by atoms with van der Waals surface area (Å²) in [5.41, 5.74) is 9.46. The quantitative estimate of drug-likeness (QED) is 0.195. The molecular formula is C40H25N5S. The Kier molecular flexibility index (Phi) is 6.25. The van der Waals surface area contributed by atoms with Crippen LogP contribution < -0.4 is 0 Å². The second-order valence-corrected chi connectivity index (χ2v) is 12.2. The number of nitrogens with zero attached hydrogens (tertiary/aromatic N) is 5. The van der Waals surface area contributed by atoms with E-state index in [0.717, 1.165) is 33.5 Å². The number of rotatable bonds is 5. The van der Waals surface area contributed by atoms with E-state index < -0.39 is 0 Å². The molecule has 5 nitrogen and oxygen atoms in total. The molecule has 5 heterocycles. The maximum Gasteiger partial charge on any atom is 0.235 e. The zero-order valence-electron chi connectivity index (χ0n) is 24.6. The van der Waals surface area contributed by atoms with Gasteiger partial charge < -0.3 is 0 Å². The molecule has 0 radical (unpaired) electrons. The molecule has 0 aliphatic carbocycles. The smallest absolute Gasteiger partial charge is 0.235 e. The Bertz CT molecular complexity index is 2450. The zero-order valence-corrected chi connectivity index (χ0v) is 25.4. The van der Waals surface area contributed by atoms with Gasteiger partial charge in [-0.2, -0.15) is 0 Å². The largest absolute Gasteiger partial charge is 0.278 e. The number of fused-ring (bicyclic) bond motifs is 5. The fourth-order valence-electron chi connectivity index (χ4n) is 6.38. The Morgan fingerprint density at radius 1 is 0.478 bits per heavy atom. The lowest BCUT2D eigenvalue weighted by atomic mass is 9.98. The fraction of sp³-hybridized carbons (Fsp3) is 0. The summed E-state index contributed by atoms with van der Waals surface area (Å²) in [5, 5.41) is 3.63. The van der Waals surface area contributed by atoms with E-state index in [9.17, 15) is 0 Å². The van der Waals surface area contributed by atoms with Crippen molar-refractivity contribution in [3.05, 3.63) is 152 Å². The van der Waals surface area contributed by atoms with E-state index in [2.05, 4.69) is 112 Å². The molecule has 0 N–H and O–H groups in total. The molecule has 216 valence electrons. The molecule has 5 aromatic heterocycles. The number of hydrogen-bond donors (Lipinski definition) is 0. The van der Waals surface area contributed by atoms with Crippen LogP contribution in [-0.2, 0) is 0 Å². The Morgan fingerprint density at radius 3 is 1.72 bits per heavy atom. The lowest BCUT2D eigenvalue weighted by Gasteiger charge is -2.11. The number of para-hydroxylation sites is 1. The highest BCUT2D eigenvalue weighted by atomic mass is 32.1. The maximum absolute atomic E-state index is 5.18. The van der Waals surface area contributed by atoms with Crippen molar-refractivity contribution in [2.75, 3.05) is 0 Å². The Labute approximate surface area is 269 Å². The Balaban J connectivity index is 1.38. The average molecular weight is 608 g/mol. The van der Waals surface area contributed by atoms with Gasteiger partial charge in [0, 0.05) is 67.2 Å². The second-order valence-electron chi connectivity index (χ2n) is 11.1. The first-order valence-electron chi connectivity index (χ1n) is 15.1. The molecule has 0 bridgehead atoms. The highest BCUT2D eigenvalue weighted by Crippen LogP contribution is 2.49. The first kappa shape index (κ1) is 26.4. The van der Waals surface area contributed by atoms with Crippen molar-refractivity contribution in [1.82, 2.24) is 24.5 Å². The van der Waals surface area contributed by atoms with E-state index in [-0.39, 0.29) is 0 Å². The lowest BCUT2D eigenvalue weighted by Crippen LogP contribution is -2.04. The zero-order chi connectivity index (χ0) is 30.5. The Morgan fingerprint density at radius 2 is 1.07 bits per heavy atom. The summed E-state index contributed by atoms with van der Waals surface area (Å²) in [6.07, 6.45) is 7.19. The van der Waals surface area contributed by atoms with Crippen LogP contribution in [-0.4, -0.2) is 24.5 Å². The van der Waals surface area contributed by atoms with Gasteiger partial charge >= 0.3 is 0 Å². The van der Waals surface area contributed by atoms with Crippen molar-refractivity contribution in [1.29, 1.82) is 0 Å². The molecule has 0 amide bonds. The number of aromatic nitrogens is 5. The molecular weight excluding hydrogens is 583 g/mol. The van der Waals surface area contributed by atoms with Gasteiger partial charge in [-0.25, -0.2) is 9.97 Å². The van der Waals surface area contributed by atoms with Crippen LogP contribution in [0.4, 0.5) is 0 Å². The molecule has 46 heavy (non-hydrogen) atoms. The summed E-state index contributed by atoms with van der Waals surface area (Å²) in [6.45, 7) is 0. The molecule has 9 aromatic rings. The van der Waals surface area contributed by atoms with Crippen LogP contribution in [0.1, 0.15) is 0 Å². The minimum Gasteiger partial charge on any atom is -0.278 e. The number of benzene rings is 4. The van der Waals surface area contributed by atoms with Crippen LogP contribution in [0.3, 0.4) is 0 Å². The van der Waals surface area contributed by atoms with Crippen molar-refractivity contribution < 1.29 is 0 Å². The molecule has 0 saturated heterocycles. The SMILES string of the molecule is c1ccc(-c2sc3c(ccc4c3c3ccccc3n4-c3nc(-c4ccncc4)cc(-c4ccncc4)n3)c2-c2ccccc2)cc1. The number of pyridine rings is 2. The molecule has 0 fully saturated rings. The summed E-state index contributed by atoms with van der Waals surface area (Å²) in [6, 6.07) is 44.5.